The Morgan fingerprint density at radius 1 is 1.20 bits per heavy atom. The van der Waals surface area contributed by atoms with E-state index in [1.807, 2.05) is 0 Å². The molecule has 3 fully saturated rings. The van der Waals surface area contributed by atoms with Crippen LogP contribution >= 0.6 is 0 Å². The number of nitrogens with zero attached hydrogens (tertiary/aromatic N) is 2. The molecule has 2 bridgehead atoms. The second kappa shape index (κ2) is 11.0. The van der Waals surface area contributed by atoms with Crippen molar-refractivity contribution >= 4 is 22.0 Å². The van der Waals surface area contributed by atoms with Crippen LogP contribution in [0.2, 0.25) is 0 Å². The van der Waals surface area contributed by atoms with E-state index in [1.165, 1.54) is 18.1 Å². The summed E-state index contributed by atoms with van der Waals surface area (Å²) in [5.74, 6) is -0.716. The Balaban J connectivity index is 1.60. The van der Waals surface area contributed by atoms with E-state index in [2.05, 4.69) is 10.5 Å². The van der Waals surface area contributed by atoms with Crippen LogP contribution in [0, 0.1) is 0 Å². The number of aromatic amines is 1. The van der Waals surface area contributed by atoms with Crippen LogP contribution in [-0.4, -0.2) is 92.5 Å². The van der Waals surface area contributed by atoms with Gasteiger partial charge in [-0.25, -0.2) is 23.5 Å². The zero-order valence-corrected chi connectivity index (χ0v) is 20.2. The first-order valence-corrected chi connectivity index (χ1v) is 13.0. The molecule has 0 spiro atoms. The molecule has 4 rings (SSSR count). The summed E-state index contributed by atoms with van der Waals surface area (Å²) in [6, 6.07) is -0.229. The maximum Gasteiger partial charge on any atom is 0.410 e. The van der Waals surface area contributed by atoms with Gasteiger partial charge < -0.3 is 19.2 Å². The highest BCUT2D eigenvalue weighted by Gasteiger charge is 2.55. The van der Waals surface area contributed by atoms with Crippen molar-refractivity contribution in [3.8, 4) is 0 Å². The van der Waals surface area contributed by atoms with Crippen LogP contribution in [0.5, 0.6) is 0 Å². The van der Waals surface area contributed by atoms with Gasteiger partial charge in [0.05, 0.1) is 17.5 Å². The third kappa shape index (κ3) is 5.51. The van der Waals surface area contributed by atoms with Gasteiger partial charge in [-0.3, -0.25) is 14.5 Å². The van der Waals surface area contributed by atoms with E-state index in [-0.39, 0.29) is 24.7 Å². The quantitative estimate of drug-likeness (QED) is 0.358. The molecule has 3 saturated heterocycles. The number of hydrogen-bond acceptors (Lipinski definition) is 9. The number of ether oxygens (including phenoxy) is 3. The van der Waals surface area contributed by atoms with Crippen LogP contribution in [0.3, 0.4) is 0 Å². The molecule has 13 nitrogen and oxygen atoms in total. The Hall–Kier alpha value is -2.52. The smallest absolute Gasteiger partial charge is 0.410 e. The molecule has 4 heterocycles. The van der Waals surface area contributed by atoms with E-state index in [0.29, 0.717) is 25.9 Å². The molecule has 1 aromatic heterocycles. The fraction of sp³-hybridized carbons (Fsp3) is 0.667. The van der Waals surface area contributed by atoms with Gasteiger partial charge >= 0.3 is 6.09 Å². The maximum atomic E-state index is 13.5. The zero-order valence-electron chi connectivity index (χ0n) is 19.4. The lowest BCUT2D eigenvalue weighted by Gasteiger charge is -2.44. The number of pyridine rings is 1. The summed E-state index contributed by atoms with van der Waals surface area (Å²) in [6.45, 7) is 0.627. The molecule has 35 heavy (non-hydrogen) atoms. The SMILES string of the molecule is COCCOC(=O)N1[C@@H]2CC[C@H]1[C@H](C(=O)NOC1CCCCO1)N(S(=O)(=O)c1ccc(=O)[nH]c1)C2. The lowest BCUT2D eigenvalue weighted by Crippen LogP contribution is -2.66. The second-order valence-corrected chi connectivity index (χ2v) is 10.5. The van der Waals surface area contributed by atoms with Crippen molar-refractivity contribution in [2.24, 2.45) is 0 Å². The normalized spacial score (nSPS) is 26.9. The molecular formula is C21H30N4O9S. The minimum Gasteiger partial charge on any atom is -0.447 e. The van der Waals surface area contributed by atoms with Gasteiger partial charge in [0.15, 0.2) is 6.29 Å². The van der Waals surface area contributed by atoms with Crippen LogP contribution in [0.1, 0.15) is 32.1 Å². The molecule has 2 N–H and O–H groups in total. The molecule has 4 atom stereocenters. The number of amides is 2. The first-order chi connectivity index (χ1) is 16.8. The molecule has 0 saturated carbocycles. The van der Waals surface area contributed by atoms with Crippen LogP contribution in [0.25, 0.3) is 0 Å². The van der Waals surface area contributed by atoms with E-state index < -0.39 is 52.0 Å². The number of carbonyl (C=O) groups excluding carboxylic acids is 2. The van der Waals surface area contributed by atoms with Gasteiger partial charge in [-0.05, 0) is 31.7 Å². The fourth-order valence-electron chi connectivity index (χ4n) is 4.72. The standard InChI is InChI=1S/C21H30N4O9S/c1-31-10-11-33-21(28)25-14-5-7-16(25)19(20(27)23-34-18-4-2-3-9-32-18)24(13-14)35(29,30)15-6-8-17(26)22-12-15/h6,8,12,14,16,18-19H,2-5,7,9-11,13H2,1H3,(H,22,26)(H,23,27)/t14-,16+,18?,19-/m1/s1. The predicted molar refractivity (Wildman–Crippen MR) is 119 cm³/mol. The molecule has 194 valence electrons. The van der Waals surface area contributed by atoms with Crippen molar-refractivity contribution < 1.29 is 37.1 Å². The number of hydroxylamine groups is 1. The molecular weight excluding hydrogens is 484 g/mol. The molecule has 3 aliphatic heterocycles. The predicted octanol–water partition coefficient (Wildman–Crippen LogP) is -0.0618. The van der Waals surface area contributed by atoms with Crippen molar-refractivity contribution in [1.82, 2.24) is 19.7 Å². The molecule has 0 radical (unpaired) electrons. The number of aromatic nitrogens is 1. The van der Waals surface area contributed by atoms with Gasteiger partial charge in [-0.2, -0.15) is 4.31 Å². The topological polar surface area (TPSA) is 157 Å². The Morgan fingerprint density at radius 2 is 2.03 bits per heavy atom. The third-order valence-corrected chi connectivity index (χ3v) is 8.24. The lowest BCUT2D eigenvalue weighted by atomic mass is 10.1. The summed E-state index contributed by atoms with van der Waals surface area (Å²) in [4.78, 5) is 46.7. The van der Waals surface area contributed by atoms with E-state index >= 15 is 0 Å². The fourth-order valence-corrected chi connectivity index (χ4v) is 6.34. The van der Waals surface area contributed by atoms with Crippen molar-refractivity contribution in [2.45, 2.75) is 61.4 Å². The number of piperazine rings is 1. The minimum absolute atomic E-state index is 0.0314. The number of sulfonamides is 1. The second-order valence-electron chi connectivity index (χ2n) is 8.60. The number of H-pyrrole nitrogens is 1. The first kappa shape index (κ1) is 25.6. The summed E-state index contributed by atoms with van der Waals surface area (Å²) in [6.07, 6.45) is 3.09. The van der Waals surface area contributed by atoms with Crippen molar-refractivity contribution in [1.29, 1.82) is 0 Å². The highest BCUT2D eigenvalue weighted by Crippen LogP contribution is 2.37. The van der Waals surface area contributed by atoms with Crippen LogP contribution in [-0.2, 0) is 33.9 Å². The van der Waals surface area contributed by atoms with Gasteiger partial charge in [-0.1, -0.05) is 0 Å². The highest BCUT2D eigenvalue weighted by atomic mass is 32.2. The molecule has 2 amide bonds. The van der Waals surface area contributed by atoms with E-state index in [1.54, 1.807) is 0 Å². The zero-order chi connectivity index (χ0) is 25.0. The van der Waals surface area contributed by atoms with Crippen molar-refractivity contribution in [3.63, 3.8) is 0 Å². The summed E-state index contributed by atoms with van der Waals surface area (Å²) in [5.41, 5.74) is 1.90. The number of carbonyl (C=O) groups is 2. The van der Waals surface area contributed by atoms with Crippen LogP contribution in [0.4, 0.5) is 4.79 Å². The van der Waals surface area contributed by atoms with Gasteiger partial charge in [0.2, 0.25) is 15.6 Å². The number of hydrogen-bond donors (Lipinski definition) is 2. The molecule has 1 aromatic rings. The Bertz CT molecular complexity index is 1050. The first-order valence-electron chi connectivity index (χ1n) is 11.5. The number of methoxy groups -OCH3 is 1. The molecule has 0 aromatic carbocycles. The van der Waals surface area contributed by atoms with Gasteiger partial charge in [0.25, 0.3) is 5.91 Å². The van der Waals surface area contributed by atoms with E-state index in [4.69, 9.17) is 19.0 Å². The molecule has 14 heteroatoms. The van der Waals surface area contributed by atoms with E-state index in [0.717, 1.165) is 29.4 Å². The monoisotopic (exact) mass is 514 g/mol. The third-order valence-electron chi connectivity index (χ3n) is 6.40. The Labute approximate surface area is 202 Å². The Kier molecular flexibility index (Phi) is 8.06. The largest absolute Gasteiger partial charge is 0.447 e. The van der Waals surface area contributed by atoms with Crippen molar-refractivity contribution in [2.75, 3.05) is 33.5 Å². The number of nitrogens with one attached hydrogen (secondary N) is 2. The van der Waals surface area contributed by atoms with Gasteiger partial charge in [0, 0.05) is 45.0 Å². The summed E-state index contributed by atoms with van der Waals surface area (Å²) in [7, 11) is -2.71. The van der Waals surface area contributed by atoms with Gasteiger partial charge in [-0.15, -0.1) is 0 Å². The lowest BCUT2D eigenvalue weighted by molar-refractivity contribution is -0.203. The average Bonchev–Trinajstić information content (AvgIpc) is 3.16. The molecule has 3 aliphatic rings. The maximum absolute atomic E-state index is 13.5. The summed E-state index contributed by atoms with van der Waals surface area (Å²) < 4.78 is 43.8. The van der Waals surface area contributed by atoms with Crippen molar-refractivity contribution in [3.05, 3.63) is 28.7 Å². The minimum atomic E-state index is -4.20. The van der Waals surface area contributed by atoms with E-state index in [9.17, 15) is 22.8 Å². The van der Waals surface area contributed by atoms with Gasteiger partial charge in [0.1, 0.15) is 12.6 Å². The average molecular weight is 515 g/mol. The Morgan fingerprint density at radius 3 is 2.71 bits per heavy atom. The highest BCUT2D eigenvalue weighted by molar-refractivity contribution is 7.89. The molecule has 0 aliphatic carbocycles. The summed E-state index contributed by atoms with van der Waals surface area (Å²) >= 11 is 0. The number of fused-ring (bicyclic) bond motifs is 2. The number of rotatable bonds is 8. The van der Waals surface area contributed by atoms with Crippen LogP contribution < -0.4 is 11.0 Å². The molecule has 1 unspecified atom stereocenters. The summed E-state index contributed by atoms with van der Waals surface area (Å²) in [5, 5.41) is 0. The van der Waals surface area contributed by atoms with Crippen LogP contribution in [0.15, 0.2) is 28.0 Å².